The lowest BCUT2D eigenvalue weighted by molar-refractivity contribution is -0.255. The molecule has 5 N–H and O–H groups in total. The van der Waals surface area contributed by atoms with Crippen molar-refractivity contribution in [2.24, 2.45) is 59.2 Å². The van der Waals surface area contributed by atoms with Crippen molar-refractivity contribution < 1.29 is 90.8 Å². The summed E-state index contributed by atoms with van der Waals surface area (Å²) >= 11 is 0. The first-order chi connectivity index (χ1) is 46.4. The fraction of sp³-hybridized carbons (Fsp3) is 0.811. The molecule has 0 saturated carbocycles. The van der Waals surface area contributed by atoms with E-state index in [0.717, 1.165) is 5.56 Å². The van der Waals surface area contributed by atoms with Gasteiger partial charge >= 0.3 is 23.9 Å². The lowest BCUT2D eigenvalue weighted by Crippen LogP contribution is -2.47. The van der Waals surface area contributed by atoms with Crippen LogP contribution in [0.25, 0.3) is 0 Å². The molecule has 0 aliphatic carbocycles. The van der Waals surface area contributed by atoms with E-state index in [4.69, 9.17) is 47.4 Å². The van der Waals surface area contributed by atoms with Crippen molar-refractivity contribution in [3.8, 4) is 0 Å². The van der Waals surface area contributed by atoms with Crippen LogP contribution in [0.15, 0.2) is 30.3 Å². The topological polar surface area (TPSA) is 297 Å². The molecule has 3 fully saturated rings. The maximum Gasteiger partial charge on any atom is 0.306 e. The molecule has 3 aliphatic heterocycles. The van der Waals surface area contributed by atoms with Gasteiger partial charge < -0.3 is 68.4 Å². The van der Waals surface area contributed by atoms with E-state index in [1.54, 1.807) is 0 Å². The molecular formula is C74H124N4O19. The van der Waals surface area contributed by atoms with E-state index < -0.39 is 37.1 Å². The lowest BCUT2D eigenvalue weighted by atomic mass is 9.79. The summed E-state index contributed by atoms with van der Waals surface area (Å²) in [4.78, 5) is 102. The molecule has 3 aliphatic rings. The predicted octanol–water partition coefficient (Wildman–Crippen LogP) is 9.98. The van der Waals surface area contributed by atoms with E-state index in [2.05, 4.69) is 83.6 Å². The van der Waals surface area contributed by atoms with Gasteiger partial charge in [-0.3, -0.25) is 43.7 Å². The number of unbranched alkanes of at least 4 members (excludes halogenated alkanes) is 7. The van der Waals surface area contributed by atoms with E-state index in [9.17, 15) is 43.5 Å². The maximum absolute atomic E-state index is 14.6. The van der Waals surface area contributed by atoms with Crippen molar-refractivity contribution in [2.75, 3.05) is 59.3 Å². The second kappa shape index (κ2) is 47.1. The number of Topliss-reactive ketones (excluding diaryl/α,β-unsaturated/α-hetero) is 1. The fourth-order valence-electron chi connectivity index (χ4n) is 12.7. The normalized spacial score (nSPS) is 26.5. The summed E-state index contributed by atoms with van der Waals surface area (Å²) in [6.07, 6.45) is 6.59. The van der Waals surface area contributed by atoms with Crippen LogP contribution in [0.1, 0.15) is 217 Å². The zero-order chi connectivity index (χ0) is 71.2. The van der Waals surface area contributed by atoms with Crippen molar-refractivity contribution in [3.63, 3.8) is 0 Å². The molecule has 3 amide bonds. The van der Waals surface area contributed by atoms with Crippen molar-refractivity contribution in [1.82, 2.24) is 21.3 Å². The van der Waals surface area contributed by atoms with Crippen LogP contribution in [0.3, 0.4) is 0 Å². The first-order valence-electron chi connectivity index (χ1n) is 36.5. The zero-order valence-electron chi connectivity index (χ0n) is 60.8. The van der Waals surface area contributed by atoms with Crippen molar-refractivity contribution in [3.05, 3.63) is 35.9 Å². The molecule has 3 saturated heterocycles. The molecule has 1 aromatic carbocycles. The predicted molar refractivity (Wildman–Crippen MR) is 365 cm³/mol. The van der Waals surface area contributed by atoms with Crippen LogP contribution in [0.5, 0.6) is 0 Å². The summed E-state index contributed by atoms with van der Waals surface area (Å²) < 4.78 is 58.4. The molecule has 23 heteroatoms. The lowest BCUT2D eigenvalue weighted by Gasteiger charge is -2.43. The second-order valence-electron chi connectivity index (χ2n) is 27.8. The number of rotatable bonds is 48. The minimum Gasteiger partial charge on any atom is -0.463 e. The molecule has 18 atom stereocenters. The van der Waals surface area contributed by atoms with E-state index >= 15 is 0 Å². The summed E-state index contributed by atoms with van der Waals surface area (Å²) in [5, 5.41) is 23.1. The number of esters is 4. The van der Waals surface area contributed by atoms with Crippen molar-refractivity contribution in [2.45, 2.75) is 268 Å². The van der Waals surface area contributed by atoms with E-state index in [1.807, 2.05) is 30.3 Å². The van der Waals surface area contributed by atoms with Gasteiger partial charge in [0.15, 0.2) is 24.7 Å². The Morgan fingerprint density at radius 1 is 0.454 bits per heavy atom. The standard InChI is InChI=1S/C74H124N4O19/c1-48-51(4)64(45-91-57(10)79)95-72(54(48)7)88-40-26-20-33-67(83)75-37-24-18-31-61(71(87)77-39-23-14-17-36-70(86)94-44-60-29-15-13-16-30-60)43-63(82)62(78-69(85)35-22-28-42-90-74-56(9)50(3)53(6)66(97-74)47-93-59(12)81)32-19-25-38-76-68(84)34-21-27-41-89-73-55(8)49(2)52(5)65(96-73)46-92-58(11)80/h13,15-16,29-30,48-56,61-62,64-66,68,72-74,76,84H,14,17-28,31-47H2,1-12H3,(H,75,83)(H,77,87)(H,78,85)/t48-,49-,50-,51+,52+,53+,54?,55?,56?,61?,62?,64?,65?,66?,68?,72+,73+,74+/m0/s1. The number of ketones is 1. The number of aliphatic hydroxyl groups excluding tert-OH is 1. The number of hydrogen-bond acceptors (Lipinski definition) is 20. The van der Waals surface area contributed by atoms with Crippen LogP contribution in [0.2, 0.25) is 0 Å². The highest BCUT2D eigenvalue weighted by Gasteiger charge is 2.43. The summed E-state index contributed by atoms with van der Waals surface area (Å²) in [5.74, 6) is -1.28. The van der Waals surface area contributed by atoms with Crippen LogP contribution >= 0.6 is 0 Å². The maximum atomic E-state index is 14.6. The average molecular weight is 1370 g/mol. The molecule has 0 radical (unpaired) electrons. The monoisotopic (exact) mass is 1370 g/mol. The highest BCUT2D eigenvalue weighted by atomic mass is 16.7. The van der Waals surface area contributed by atoms with Crippen molar-refractivity contribution >= 4 is 47.4 Å². The van der Waals surface area contributed by atoms with Crippen LogP contribution in [0, 0.1) is 59.2 Å². The number of ether oxygens (including phenoxy) is 10. The number of aliphatic hydroxyl groups is 1. The first-order valence-corrected chi connectivity index (χ1v) is 36.5. The second-order valence-corrected chi connectivity index (χ2v) is 27.8. The van der Waals surface area contributed by atoms with Crippen LogP contribution < -0.4 is 21.3 Å². The number of benzene rings is 1. The molecule has 0 bridgehead atoms. The fourth-order valence-corrected chi connectivity index (χ4v) is 12.7. The third-order valence-corrected chi connectivity index (χ3v) is 20.4. The van der Waals surface area contributed by atoms with Crippen LogP contribution in [-0.2, 0) is 92.3 Å². The van der Waals surface area contributed by atoms with E-state index in [0.29, 0.717) is 160 Å². The molecule has 9 unspecified atom stereocenters. The SMILES string of the molecule is CC(=O)OCC1O[C@@H](OCCCCC(=O)NCCCCC(CC(=O)C(CCCCNC(O)CCCCO[C@@H]2OC(COC(C)=O)[C@H](C)[C@H](C)C2C)NC(=O)CCCCO[C@@H]2OC(COC(C)=O)[C@H](C)[C@H](C)C2C)C(=O)NCCCCCC(=O)OCc2ccccc2)C(C)[C@@H](C)[C@H]1C. The minimum atomic E-state index is -0.876. The van der Waals surface area contributed by atoms with Crippen molar-refractivity contribution in [1.29, 1.82) is 0 Å². The number of amides is 3. The van der Waals surface area contributed by atoms with Gasteiger partial charge in [0.25, 0.3) is 0 Å². The summed E-state index contributed by atoms with van der Waals surface area (Å²) in [6.45, 7) is 26.2. The van der Waals surface area contributed by atoms with Gasteiger partial charge in [-0.25, -0.2) is 0 Å². The Labute approximate surface area is 579 Å². The summed E-state index contributed by atoms with van der Waals surface area (Å²) in [5.41, 5.74) is 0.908. The van der Waals surface area contributed by atoms with Crippen LogP contribution in [0.4, 0.5) is 0 Å². The van der Waals surface area contributed by atoms with Gasteiger partial charge in [0, 0.05) is 103 Å². The Morgan fingerprint density at radius 3 is 1.39 bits per heavy atom. The molecule has 0 aromatic heterocycles. The molecular weight excluding hydrogens is 1250 g/mol. The summed E-state index contributed by atoms with van der Waals surface area (Å²) in [6, 6.07) is 8.60. The number of carbonyl (C=O) groups excluding carboxylic acids is 8. The van der Waals surface area contributed by atoms with Gasteiger partial charge in [-0.1, -0.05) is 105 Å². The number of nitrogens with one attached hydrogen (secondary N) is 4. The van der Waals surface area contributed by atoms with E-state index in [1.165, 1.54) is 20.8 Å². The summed E-state index contributed by atoms with van der Waals surface area (Å²) in [7, 11) is 0. The number of hydrogen-bond donors (Lipinski definition) is 5. The largest absolute Gasteiger partial charge is 0.463 e. The molecule has 4 rings (SSSR count). The van der Waals surface area contributed by atoms with Gasteiger partial charge in [0.2, 0.25) is 17.7 Å². The van der Waals surface area contributed by atoms with Crippen LogP contribution in [-0.4, -0.2) is 161 Å². The Balaban J connectivity index is 1.32. The Morgan fingerprint density at radius 2 is 0.887 bits per heavy atom. The molecule has 3 heterocycles. The smallest absolute Gasteiger partial charge is 0.306 e. The number of carbonyl (C=O) groups is 8. The molecule has 554 valence electrons. The Hall–Kier alpha value is -5.14. The van der Waals surface area contributed by atoms with Gasteiger partial charge in [-0.05, 0) is 138 Å². The van der Waals surface area contributed by atoms with Gasteiger partial charge in [-0.2, -0.15) is 0 Å². The minimum absolute atomic E-state index is 0.0872. The Kier molecular flexibility index (Phi) is 40.9. The zero-order valence-corrected chi connectivity index (χ0v) is 60.8. The van der Waals surface area contributed by atoms with E-state index in [-0.39, 0.29) is 153 Å². The molecule has 0 spiro atoms. The molecule has 23 nitrogen and oxygen atoms in total. The third kappa shape index (κ3) is 32.8. The quantitative estimate of drug-likeness (QED) is 0.0175. The highest BCUT2D eigenvalue weighted by molar-refractivity contribution is 5.92. The third-order valence-electron chi connectivity index (χ3n) is 20.4. The average Bonchev–Trinajstić information content (AvgIpc) is 0.841. The van der Waals surface area contributed by atoms with Gasteiger partial charge in [0.1, 0.15) is 32.7 Å². The van der Waals surface area contributed by atoms with Gasteiger partial charge in [0.05, 0.1) is 24.4 Å². The molecule has 1 aromatic rings. The highest BCUT2D eigenvalue weighted by Crippen LogP contribution is 2.38. The Bertz CT molecular complexity index is 2460. The molecule has 97 heavy (non-hydrogen) atoms. The van der Waals surface area contributed by atoms with Gasteiger partial charge in [-0.15, -0.1) is 0 Å². The first kappa shape index (κ1) is 84.3.